The van der Waals surface area contributed by atoms with E-state index < -0.39 is 11.9 Å². The van der Waals surface area contributed by atoms with Crippen molar-refractivity contribution in [2.45, 2.75) is 19.4 Å². The SMILES string of the molecule is COc1cccc(CC(O)c2scc(C)c2Cl)c1F. The van der Waals surface area contributed by atoms with Crippen molar-refractivity contribution in [1.82, 2.24) is 0 Å². The molecule has 1 heterocycles. The third-order valence-corrected chi connectivity index (χ3v) is 4.72. The third kappa shape index (κ3) is 2.91. The van der Waals surface area contributed by atoms with Crippen molar-refractivity contribution in [2.75, 3.05) is 7.11 Å². The van der Waals surface area contributed by atoms with Crippen LogP contribution in [0.3, 0.4) is 0 Å². The van der Waals surface area contributed by atoms with E-state index in [9.17, 15) is 9.50 Å². The molecule has 102 valence electrons. The lowest BCUT2D eigenvalue weighted by Gasteiger charge is -2.12. The Balaban J connectivity index is 2.24. The summed E-state index contributed by atoms with van der Waals surface area (Å²) in [6.07, 6.45) is -0.643. The Morgan fingerprint density at radius 3 is 2.79 bits per heavy atom. The van der Waals surface area contributed by atoms with E-state index in [1.54, 1.807) is 18.2 Å². The molecule has 2 aromatic rings. The van der Waals surface area contributed by atoms with Gasteiger partial charge in [0, 0.05) is 6.42 Å². The number of benzene rings is 1. The van der Waals surface area contributed by atoms with Gasteiger partial charge in [-0.15, -0.1) is 11.3 Å². The number of hydrogen-bond donors (Lipinski definition) is 1. The highest BCUT2D eigenvalue weighted by atomic mass is 35.5. The fraction of sp³-hybridized carbons (Fsp3) is 0.286. The van der Waals surface area contributed by atoms with Crippen molar-refractivity contribution in [2.24, 2.45) is 0 Å². The molecular formula is C14H14ClFO2S. The average molecular weight is 301 g/mol. The first kappa shape index (κ1) is 14.3. The number of aryl methyl sites for hydroxylation is 1. The van der Waals surface area contributed by atoms with Gasteiger partial charge in [0.25, 0.3) is 0 Å². The van der Waals surface area contributed by atoms with Gasteiger partial charge < -0.3 is 9.84 Å². The Labute approximate surface area is 120 Å². The van der Waals surface area contributed by atoms with Crippen molar-refractivity contribution in [3.63, 3.8) is 0 Å². The van der Waals surface area contributed by atoms with Crippen LogP contribution in [0.25, 0.3) is 0 Å². The van der Waals surface area contributed by atoms with Gasteiger partial charge in [-0.2, -0.15) is 0 Å². The van der Waals surface area contributed by atoms with Gasteiger partial charge in [0.1, 0.15) is 0 Å². The van der Waals surface area contributed by atoms with E-state index in [0.29, 0.717) is 15.5 Å². The molecule has 1 aromatic heterocycles. The highest BCUT2D eigenvalue weighted by molar-refractivity contribution is 7.10. The van der Waals surface area contributed by atoms with Gasteiger partial charge in [-0.25, -0.2) is 4.39 Å². The van der Waals surface area contributed by atoms with Crippen molar-refractivity contribution in [1.29, 1.82) is 0 Å². The predicted molar refractivity (Wildman–Crippen MR) is 75.7 cm³/mol. The molecule has 1 aromatic carbocycles. The molecule has 0 fully saturated rings. The standard InChI is InChI=1S/C14H14ClFO2S/c1-8-7-19-14(12(8)15)10(17)6-9-4-3-5-11(18-2)13(9)16/h3-5,7,10,17H,6H2,1-2H3. The third-order valence-electron chi connectivity index (χ3n) is 2.90. The minimum Gasteiger partial charge on any atom is -0.494 e. The molecule has 0 amide bonds. The Hall–Kier alpha value is -1.10. The number of hydrogen-bond acceptors (Lipinski definition) is 3. The lowest BCUT2D eigenvalue weighted by atomic mass is 10.1. The van der Waals surface area contributed by atoms with Crippen LogP contribution in [0.1, 0.15) is 22.1 Å². The summed E-state index contributed by atoms with van der Waals surface area (Å²) in [5.74, 6) is -0.258. The Morgan fingerprint density at radius 2 is 2.21 bits per heavy atom. The number of rotatable bonds is 4. The molecule has 19 heavy (non-hydrogen) atoms. The van der Waals surface area contributed by atoms with E-state index in [4.69, 9.17) is 16.3 Å². The Kier molecular flexibility index (Phi) is 4.45. The quantitative estimate of drug-likeness (QED) is 0.920. The topological polar surface area (TPSA) is 29.5 Å². The molecular weight excluding hydrogens is 287 g/mol. The molecule has 0 aliphatic rings. The number of methoxy groups -OCH3 is 1. The monoisotopic (exact) mass is 300 g/mol. The summed E-state index contributed by atoms with van der Waals surface area (Å²) in [6.45, 7) is 1.88. The van der Waals surface area contributed by atoms with Crippen molar-refractivity contribution >= 4 is 22.9 Å². The van der Waals surface area contributed by atoms with Crippen LogP contribution < -0.4 is 4.74 Å². The molecule has 1 unspecified atom stereocenters. The van der Waals surface area contributed by atoms with Crippen LogP contribution in [0.2, 0.25) is 5.02 Å². The van der Waals surface area contributed by atoms with Crippen LogP contribution in [-0.2, 0) is 6.42 Å². The summed E-state index contributed by atoms with van der Waals surface area (Å²) in [7, 11) is 1.41. The normalized spacial score (nSPS) is 12.5. The maximum Gasteiger partial charge on any atom is 0.168 e. The average Bonchev–Trinajstić information content (AvgIpc) is 2.72. The summed E-state index contributed by atoms with van der Waals surface area (Å²) < 4.78 is 18.9. The molecule has 0 radical (unpaired) electrons. The van der Waals surface area contributed by atoms with E-state index in [1.165, 1.54) is 18.4 Å². The summed E-state index contributed by atoms with van der Waals surface area (Å²) in [5.41, 5.74) is 1.33. The van der Waals surface area contributed by atoms with Crippen molar-refractivity contribution < 1.29 is 14.2 Å². The van der Waals surface area contributed by atoms with Crippen LogP contribution in [0, 0.1) is 12.7 Å². The van der Waals surface area contributed by atoms with E-state index in [1.807, 2.05) is 12.3 Å². The van der Waals surface area contributed by atoms with Crippen LogP contribution in [0.15, 0.2) is 23.6 Å². The van der Waals surface area contributed by atoms with Crippen LogP contribution in [0.4, 0.5) is 4.39 Å². The van der Waals surface area contributed by atoms with Crippen LogP contribution >= 0.6 is 22.9 Å². The maximum absolute atomic E-state index is 14.0. The van der Waals surface area contributed by atoms with Gasteiger partial charge in [0.2, 0.25) is 0 Å². The number of ether oxygens (including phenoxy) is 1. The molecule has 0 bridgehead atoms. The predicted octanol–water partition coefficient (Wildman–Crippen LogP) is 4.13. The number of aliphatic hydroxyl groups is 1. The van der Waals surface area contributed by atoms with Crippen molar-refractivity contribution in [3.05, 3.63) is 50.4 Å². The Morgan fingerprint density at radius 1 is 1.47 bits per heavy atom. The molecule has 0 spiro atoms. The van der Waals surface area contributed by atoms with E-state index in [-0.39, 0.29) is 12.2 Å². The maximum atomic E-state index is 14.0. The minimum atomic E-state index is -0.812. The Bertz CT molecular complexity index is 583. The van der Waals surface area contributed by atoms with Crippen LogP contribution in [-0.4, -0.2) is 12.2 Å². The zero-order valence-corrected chi connectivity index (χ0v) is 12.2. The minimum absolute atomic E-state index is 0.169. The van der Waals surface area contributed by atoms with Crippen molar-refractivity contribution in [3.8, 4) is 5.75 Å². The smallest absolute Gasteiger partial charge is 0.168 e. The van der Waals surface area contributed by atoms with Gasteiger partial charge in [-0.05, 0) is 29.5 Å². The van der Waals surface area contributed by atoms with Gasteiger partial charge in [0.15, 0.2) is 11.6 Å². The summed E-state index contributed by atoms with van der Waals surface area (Å²) in [5, 5.41) is 12.6. The molecule has 2 nitrogen and oxygen atoms in total. The second-order valence-corrected chi connectivity index (χ2v) is 5.54. The lowest BCUT2D eigenvalue weighted by Crippen LogP contribution is -2.03. The van der Waals surface area contributed by atoms with Gasteiger partial charge in [-0.3, -0.25) is 0 Å². The van der Waals surface area contributed by atoms with Gasteiger partial charge in [-0.1, -0.05) is 23.7 Å². The summed E-state index contributed by atoms with van der Waals surface area (Å²) in [6, 6.07) is 4.88. The molecule has 5 heteroatoms. The van der Waals surface area contributed by atoms with Gasteiger partial charge >= 0.3 is 0 Å². The molecule has 2 rings (SSSR count). The van der Waals surface area contributed by atoms with E-state index >= 15 is 0 Å². The second kappa shape index (κ2) is 5.90. The first-order valence-corrected chi connectivity index (χ1v) is 7.03. The molecule has 0 saturated carbocycles. The summed E-state index contributed by atoms with van der Waals surface area (Å²) in [4.78, 5) is 0.668. The zero-order valence-electron chi connectivity index (χ0n) is 10.6. The fourth-order valence-corrected chi connectivity index (χ4v) is 3.15. The molecule has 0 aliphatic carbocycles. The molecule has 1 N–H and O–H groups in total. The second-order valence-electron chi connectivity index (χ2n) is 4.25. The molecule has 1 atom stereocenters. The fourth-order valence-electron chi connectivity index (χ4n) is 1.85. The number of aliphatic hydroxyl groups excluding tert-OH is 1. The summed E-state index contributed by atoms with van der Waals surface area (Å²) >= 11 is 7.48. The number of thiophene rings is 1. The highest BCUT2D eigenvalue weighted by Gasteiger charge is 2.18. The zero-order chi connectivity index (χ0) is 14.0. The largest absolute Gasteiger partial charge is 0.494 e. The highest BCUT2D eigenvalue weighted by Crippen LogP contribution is 2.34. The molecule has 0 aliphatic heterocycles. The number of halogens is 2. The first-order valence-electron chi connectivity index (χ1n) is 5.77. The van der Waals surface area contributed by atoms with Crippen LogP contribution in [0.5, 0.6) is 5.75 Å². The van der Waals surface area contributed by atoms with Gasteiger partial charge in [0.05, 0.1) is 23.1 Å². The van der Waals surface area contributed by atoms with E-state index in [2.05, 4.69) is 0 Å². The lowest BCUT2D eigenvalue weighted by molar-refractivity contribution is 0.180. The molecule has 0 saturated heterocycles. The van der Waals surface area contributed by atoms with E-state index in [0.717, 1.165) is 5.56 Å². The first-order chi connectivity index (χ1) is 9.04.